The van der Waals surface area contributed by atoms with Crippen LogP contribution in [0.25, 0.3) is 61.9 Å². The largest absolute Gasteiger partial charge is 0.436 e. The predicted molar refractivity (Wildman–Crippen MR) is 190 cm³/mol. The Morgan fingerprint density at radius 2 is 0.829 bits per heavy atom. The van der Waals surface area contributed by atoms with Crippen molar-refractivity contribution in [1.82, 2.24) is 0 Å². The number of rotatable bonds is 6. The zero-order valence-electron chi connectivity index (χ0n) is 22.1. The van der Waals surface area contributed by atoms with Crippen molar-refractivity contribution < 1.29 is 4.74 Å². The summed E-state index contributed by atoms with van der Waals surface area (Å²) in [6.45, 7) is 4.24. The van der Waals surface area contributed by atoms with Crippen molar-refractivity contribution in [3.05, 3.63) is 105 Å². The highest BCUT2D eigenvalue weighted by molar-refractivity contribution is 7.40. The maximum absolute atomic E-state index is 6.44. The fraction of sp³-hybridized carbons (Fsp3) is 0.0588. The first kappa shape index (κ1) is 25.7. The minimum atomic E-state index is 0.969. The van der Waals surface area contributed by atoms with Gasteiger partial charge in [-0.1, -0.05) is 94.5 Å². The molecular formula is C34H22OS6. The highest BCUT2D eigenvalue weighted by Gasteiger charge is 2.17. The molecule has 0 N–H and O–H groups in total. The van der Waals surface area contributed by atoms with Gasteiger partial charge in [-0.05, 0) is 49.3 Å². The summed E-state index contributed by atoms with van der Waals surface area (Å²) >= 11 is 11.0. The molecule has 0 aliphatic rings. The quantitative estimate of drug-likeness (QED) is 0.176. The van der Waals surface area contributed by atoms with Crippen LogP contribution in [0.2, 0.25) is 0 Å². The lowest BCUT2D eigenvalue weighted by Crippen LogP contribution is -1.73. The molecule has 0 unspecified atom stereocenters. The van der Waals surface area contributed by atoms with E-state index >= 15 is 0 Å². The average molecular weight is 639 g/mol. The summed E-state index contributed by atoms with van der Waals surface area (Å²) in [5.74, 6) is 0. The van der Waals surface area contributed by atoms with Gasteiger partial charge in [0.05, 0.1) is 28.2 Å². The molecule has 41 heavy (non-hydrogen) atoms. The smallest absolute Gasteiger partial charge is 0.184 e. The zero-order chi connectivity index (χ0) is 27.5. The molecule has 0 fully saturated rings. The summed E-state index contributed by atoms with van der Waals surface area (Å²) in [7, 11) is 0. The first-order valence-electron chi connectivity index (χ1n) is 13.1. The Morgan fingerprint density at radius 3 is 1.27 bits per heavy atom. The molecule has 0 bridgehead atoms. The van der Waals surface area contributed by atoms with Gasteiger partial charge in [0.25, 0.3) is 0 Å². The number of benzene rings is 2. The second-order valence-electron chi connectivity index (χ2n) is 10.00. The molecule has 200 valence electrons. The van der Waals surface area contributed by atoms with Gasteiger partial charge in [-0.15, -0.1) is 45.3 Å². The molecule has 0 spiro atoms. The zero-order valence-corrected chi connectivity index (χ0v) is 27.0. The topological polar surface area (TPSA) is 9.23 Å². The van der Waals surface area contributed by atoms with E-state index in [0.29, 0.717) is 0 Å². The maximum atomic E-state index is 6.44. The van der Waals surface area contributed by atoms with Gasteiger partial charge in [0.2, 0.25) is 0 Å². The van der Waals surface area contributed by atoms with Crippen LogP contribution in [-0.4, -0.2) is 0 Å². The van der Waals surface area contributed by atoms with E-state index < -0.39 is 0 Å². The van der Waals surface area contributed by atoms with Crippen molar-refractivity contribution in [2.45, 2.75) is 13.8 Å². The standard InChI is InChI=1S/C34H22OS6/c1-19-3-7-21(8-4-19)11-13-23-15-25-31(36-23)33-27(38-25)17-29(40-33)35-30-18-28-34(41-30)32-26(39-28)16-24(37-32)14-12-22-9-5-20(2)6-10-22/h3-18H,1-2H3. The molecule has 0 saturated carbocycles. The minimum Gasteiger partial charge on any atom is -0.436 e. The summed E-state index contributed by atoms with van der Waals surface area (Å²) in [4.78, 5) is 2.58. The van der Waals surface area contributed by atoms with Crippen molar-refractivity contribution in [2.24, 2.45) is 0 Å². The van der Waals surface area contributed by atoms with E-state index in [-0.39, 0.29) is 0 Å². The van der Waals surface area contributed by atoms with Crippen molar-refractivity contribution in [3.63, 3.8) is 0 Å². The second kappa shape index (κ2) is 10.3. The van der Waals surface area contributed by atoms with Gasteiger partial charge in [0, 0.05) is 31.3 Å². The normalized spacial score (nSPS) is 12.4. The lowest BCUT2D eigenvalue weighted by molar-refractivity contribution is 0.512. The Kier molecular flexibility index (Phi) is 6.47. The van der Waals surface area contributed by atoms with E-state index in [4.69, 9.17) is 4.74 Å². The molecule has 0 saturated heterocycles. The van der Waals surface area contributed by atoms with E-state index in [2.05, 4.69) is 111 Å². The maximum Gasteiger partial charge on any atom is 0.184 e. The van der Waals surface area contributed by atoms with E-state index in [1.807, 2.05) is 45.3 Å². The van der Waals surface area contributed by atoms with Gasteiger partial charge in [-0.3, -0.25) is 0 Å². The fourth-order valence-electron chi connectivity index (χ4n) is 4.74. The summed E-state index contributed by atoms with van der Waals surface area (Å²) in [5, 5.41) is 1.94. The molecule has 7 heteroatoms. The highest BCUT2D eigenvalue weighted by atomic mass is 32.1. The molecule has 0 radical (unpaired) electrons. The molecular weight excluding hydrogens is 617 g/mol. The second-order valence-corrected chi connectivity index (χ2v) is 16.4. The third kappa shape index (κ3) is 5.01. The SMILES string of the molecule is Cc1ccc(C=Cc2cc3sc4cc(Oc5cc6sc7cc(C=Cc8ccc(C)cc8)sc7c6s5)sc4c3s2)cc1. The third-order valence-electron chi connectivity index (χ3n) is 6.87. The van der Waals surface area contributed by atoms with E-state index in [1.54, 1.807) is 22.7 Å². The Balaban J connectivity index is 1.03. The molecule has 6 aromatic heterocycles. The van der Waals surface area contributed by atoms with Crippen LogP contribution in [0.15, 0.2) is 72.8 Å². The Bertz CT molecular complexity index is 2080. The molecule has 6 heterocycles. The third-order valence-corrected chi connectivity index (χ3v) is 14.1. The lowest BCUT2D eigenvalue weighted by atomic mass is 10.1. The van der Waals surface area contributed by atoms with Crippen LogP contribution in [0.5, 0.6) is 10.1 Å². The molecule has 8 aromatic rings. The van der Waals surface area contributed by atoms with Gasteiger partial charge in [0.15, 0.2) is 10.1 Å². The lowest BCUT2D eigenvalue weighted by Gasteiger charge is -1.96. The minimum absolute atomic E-state index is 0.969. The number of fused-ring (bicyclic) bond motifs is 6. The Hall–Kier alpha value is -3.04. The van der Waals surface area contributed by atoms with E-state index in [9.17, 15) is 0 Å². The first-order valence-corrected chi connectivity index (χ1v) is 18.0. The van der Waals surface area contributed by atoms with Crippen molar-refractivity contribution in [3.8, 4) is 10.1 Å². The predicted octanol–water partition coefficient (Wildman–Crippen LogP) is 13.4. The van der Waals surface area contributed by atoms with Gasteiger partial charge >= 0.3 is 0 Å². The molecule has 0 aliphatic carbocycles. The molecule has 1 nitrogen and oxygen atoms in total. The van der Waals surface area contributed by atoms with Crippen LogP contribution < -0.4 is 4.74 Å². The fourth-order valence-corrected chi connectivity index (χ4v) is 12.4. The Morgan fingerprint density at radius 1 is 0.439 bits per heavy atom. The van der Waals surface area contributed by atoms with Crippen LogP contribution in [-0.2, 0) is 0 Å². The number of hydrogen-bond donors (Lipinski definition) is 0. The molecule has 2 aromatic carbocycles. The summed E-state index contributed by atoms with van der Waals surface area (Å²) < 4.78 is 17.2. The van der Waals surface area contributed by atoms with Gasteiger partial charge in [0.1, 0.15) is 0 Å². The monoisotopic (exact) mass is 638 g/mol. The van der Waals surface area contributed by atoms with E-state index in [0.717, 1.165) is 10.1 Å². The summed E-state index contributed by atoms with van der Waals surface area (Å²) in [6.07, 6.45) is 8.86. The van der Waals surface area contributed by atoms with Crippen molar-refractivity contribution >= 4 is 130 Å². The highest BCUT2D eigenvalue weighted by Crippen LogP contribution is 2.50. The van der Waals surface area contributed by atoms with Crippen LogP contribution in [0, 0.1) is 13.8 Å². The van der Waals surface area contributed by atoms with Gasteiger partial charge in [-0.25, -0.2) is 0 Å². The number of ether oxygens (including phenoxy) is 1. The van der Waals surface area contributed by atoms with Crippen LogP contribution in [0.4, 0.5) is 0 Å². The molecule has 0 aliphatic heterocycles. The molecule has 8 rings (SSSR count). The number of aryl methyl sites for hydroxylation is 2. The molecule has 0 amide bonds. The summed E-state index contributed by atoms with van der Waals surface area (Å²) in [6, 6.07) is 26.4. The Labute approximate surface area is 261 Å². The van der Waals surface area contributed by atoms with Gasteiger partial charge in [-0.2, -0.15) is 0 Å². The first-order chi connectivity index (χ1) is 20.0. The van der Waals surface area contributed by atoms with E-state index in [1.165, 1.54) is 69.6 Å². The van der Waals surface area contributed by atoms with Crippen LogP contribution in [0.1, 0.15) is 32.0 Å². The molecule has 0 atom stereocenters. The number of hydrogen-bond acceptors (Lipinski definition) is 7. The van der Waals surface area contributed by atoms with Gasteiger partial charge < -0.3 is 4.74 Å². The number of thiophene rings is 6. The van der Waals surface area contributed by atoms with Crippen LogP contribution >= 0.6 is 68.0 Å². The van der Waals surface area contributed by atoms with Crippen LogP contribution in [0.3, 0.4) is 0 Å². The van der Waals surface area contributed by atoms with Crippen molar-refractivity contribution in [2.75, 3.05) is 0 Å². The van der Waals surface area contributed by atoms with Crippen molar-refractivity contribution in [1.29, 1.82) is 0 Å². The average Bonchev–Trinajstić information content (AvgIpc) is 3.78. The summed E-state index contributed by atoms with van der Waals surface area (Å²) in [5.41, 5.74) is 5.04.